The van der Waals surface area contributed by atoms with E-state index < -0.39 is 0 Å². The highest BCUT2D eigenvalue weighted by molar-refractivity contribution is 6.01. The van der Waals surface area contributed by atoms with Crippen LogP contribution in [0.15, 0.2) is 35.9 Å². The Balaban J connectivity index is 2.04. The van der Waals surface area contributed by atoms with E-state index >= 15 is 0 Å². The summed E-state index contributed by atoms with van der Waals surface area (Å²) in [5.41, 5.74) is 3.79. The van der Waals surface area contributed by atoms with Crippen LogP contribution in [0.4, 0.5) is 0 Å². The zero-order chi connectivity index (χ0) is 16.8. The average molecular weight is 308 g/mol. The SMILES string of the molecule is Cc1nn(C)c(C)c1C=C(C#N)C(=O)NCCc1ccccc1. The predicted molar refractivity (Wildman–Crippen MR) is 89.4 cm³/mol. The molecule has 23 heavy (non-hydrogen) atoms. The van der Waals surface area contributed by atoms with Crippen LogP contribution in [0.25, 0.3) is 6.08 Å². The van der Waals surface area contributed by atoms with Crippen LogP contribution in [-0.2, 0) is 18.3 Å². The lowest BCUT2D eigenvalue weighted by Crippen LogP contribution is -2.26. The highest BCUT2D eigenvalue weighted by atomic mass is 16.1. The van der Waals surface area contributed by atoms with Crippen molar-refractivity contribution >= 4 is 12.0 Å². The minimum atomic E-state index is -0.355. The van der Waals surface area contributed by atoms with Crippen molar-refractivity contribution in [2.45, 2.75) is 20.3 Å². The van der Waals surface area contributed by atoms with E-state index in [1.54, 1.807) is 10.8 Å². The molecular formula is C18H20N4O. The maximum Gasteiger partial charge on any atom is 0.261 e. The van der Waals surface area contributed by atoms with E-state index in [-0.39, 0.29) is 11.5 Å². The maximum atomic E-state index is 12.2. The number of benzene rings is 1. The molecule has 0 atom stereocenters. The summed E-state index contributed by atoms with van der Waals surface area (Å²) in [4.78, 5) is 12.2. The smallest absolute Gasteiger partial charge is 0.261 e. The van der Waals surface area contributed by atoms with Gasteiger partial charge in [-0.2, -0.15) is 10.4 Å². The molecule has 0 spiro atoms. The van der Waals surface area contributed by atoms with Crippen molar-refractivity contribution in [2.75, 3.05) is 6.54 Å². The molecule has 1 N–H and O–H groups in total. The largest absolute Gasteiger partial charge is 0.351 e. The van der Waals surface area contributed by atoms with Crippen LogP contribution in [0.1, 0.15) is 22.5 Å². The Kier molecular flexibility index (Phi) is 5.32. The second kappa shape index (κ2) is 7.41. The van der Waals surface area contributed by atoms with Gasteiger partial charge in [0.1, 0.15) is 11.6 Å². The van der Waals surface area contributed by atoms with Gasteiger partial charge in [0.15, 0.2) is 0 Å². The summed E-state index contributed by atoms with van der Waals surface area (Å²) >= 11 is 0. The van der Waals surface area contributed by atoms with Crippen LogP contribution in [0.3, 0.4) is 0 Å². The molecule has 5 nitrogen and oxygen atoms in total. The van der Waals surface area contributed by atoms with Crippen molar-refractivity contribution in [1.29, 1.82) is 5.26 Å². The fraction of sp³-hybridized carbons (Fsp3) is 0.278. The van der Waals surface area contributed by atoms with Gasteiger partial charge in [0.25, 0.3) is 5.91 Å². The molecule has 0 aliphatic rings. The third kappa shape index (κ3) is 4.07. The highest BCUT2D eigenvalue weighted by Crippen LogP contribution is 2.16. The molecule has 0 saturated heterocycles. The maximum absolute atomic E-state index is 12.2. The van der Waals surface area contributed by atoms with Gasteiger partial charge in [-0.3, -0.25) is 9.48 Å². The number of aryl methyl sites for hydroxylation is 2. The first kappa shape index (κ1) is 16.5. The molecule has 0 radical (unpaired) electrons. The molecule has 1 heterocycles. The lowest BCUT2D eigenvalue weighted by Gasteiger charge is -2.05. The number of hydrogen-bond donors (Lipinski definition) is 1. The minimum absolute atomic E-state index is 0.0947. The standard InChI is InChI=1S/C18H20N4O/c1-13-17(14(2)22(3)21-13)11-16(12-19)18(23)20-10-9-15-7-5-4-6-8-15/h4-8,11H,9-10H2,1-3H3,(H,20,23). The van der Waals surface area contributed by atoms with Crippen molar-refractivity contribution in [3.05, 3.63) is 58.4 Å². The van der Waals surface area contributed by atoms with Crippen molar-refractivity contribution < 1.29 is 4.79 Å². The third-order valence-corrected chi connectivity index (χ3v) is 3.76. The monoisotopic (exact) mass is 308 g/mol. The Morgan fingerprint density at radius 3 is 2.61 bits per heavy atom. The number of aromatic nitrogens is 2. The molecule has 2 aromatic rings. The molecule has 1 aromatic carbocycles. The quantitative estimate of drug-likeness (QED) is 0.680. The van der Waals surface area contributed by atoms with E-state index in [0.717, 1.165) is 28.9 Å². The van der Waals surface area contributed by atoms with Crippen molar-refractivity contribution in [1.82, 2.24) is 15.1 Å². The van der Waals surface area contributed by atoms with Gasteiger partial charge in [-0.15, -0.1) is 0 Å². The van der Waals surface area contributed by atoms with E-state index in [2.05, 4.69) is 10.4 Å². The summed E-state index contributed by atoms with van der Waals surface area (Å²) in [5.74, 6) is -0.355. The summed E-state index contributed by atoms with van der Waals surface area (Å²) in [6.45, 7) is 4.27. The van der Waals surface area contributed by atoms with Crippen LogP contribution in [0.2, 0.25) is 0 Å². The molecule has 0 bridgehead atoms. The summed E-state index contributed by atoms with van der Waals surface area (Å²) in [6, 6.07) is 11.9. The first-order valence-electron chi connectivity index (χ1n) is 7.47. The van der Waals surface area contributed by atoms with Crippen LogP contribution < -0.4 is 5.32 Å². The van der Waals surface area contributed by atoms with Crippen LogP contribution >= 0.6 is 0 Å². The van der Waals surface area contributed by atoms with Gasteiger partial charge in [-0.05, 0) is 31.9 Å². The molecule has 0 aliphatic carbocycles. The summed E-state index contributed by atoms with van der Waals surface area (Å²) in [7, 11) is 1.84. The molecule has 0 aliphatic heterocycles. The number of nitrogens with zero attached hydrogens (tertiary/aromatic N) is 3. The molecule has 5 heteroatoms. The molecule has 118 valence electrons. The lowest BCUT2D eigenvalue weighted by atomic mass is 10.1. The fourth-order valence-electron chi connectivity index (χ4n) is 2.35. The number of rotatable bonds is 5. The number of amides is 1. The van der Waals surface area contributed by atoms with Gasteiger partial charge in [-0.25, -0.2) is 0 Å². The second-order valence-corrected chi connectivity index (χ2v) is 5.37. The van der Waals surface area contributed by atoms with Gasteiger partial charge >= 0.3 is 0 Å². The number of nitriles is 1. The molecule has 0 fully saturated rings. The zero-order valence-electron chi connectivity index (χ0n) is 13.6. The second-order valence-electron chi connectivity index (χ2n) is 5.37. The molecule has 0 unspecified atom stereocenters. The van der Waals surface area contributed by atoms with E-state index in [4.69, 9.17) is 0 Å². The Labute approximate surface area is 136 Å². The number of nitrogens with one attached hydrogen (secondary N) is 1. The Hall–Kier alpha value is -2.87. The predicted octanol–water partition coefficient (Wildman–Crippen LogP) is 2.30. The number of hydrogen-bond acceptors (Lipinski definition) is 3. The van der Waals surface area contributed by atoms with Gasteiger partial charge in [0, 0.05) is 24.8 Å². The zero-order valence-corrected chi connectivity index (χ0v) is 13.6. The summed E-state index contributed by atoms with van der Waals surface area (Å²) < 4.78 is 1.74. The van der Waals surface area contributed by atoms with E-state index in [9.17, 15) is 10.1 Å². The van der Waals surface area contributed by atoms with Crippen LogP contribution in [0, 0.1) is 25.2 Å². The van der Waals surface area contributed by atoms with Crippen molar-refractivity contribution in [2.24, 2.45) is 7.05 Å². The molecule has 0 saturated carbocycles. The Morgan fingerprint density at radius 1 is 1.35 bits per heavy atom. The van der Waals surface area contributed by atoms with Gasteiger partial charge in [-0.1, -0.05) is 30.3 Å². The number of carbonyl (C=O) groups is 1. The van der Waals surface area contributed by atoms with Gasteiger partial charge in [0.2, 0.25) is 0 Å². The first-order valence-corrected chi connectivity index (χ1v) is 7.47. The van der Waals surface area contributed by atoms with Crippen LogP contribution in [0.5, 0.6) is 0 Å². The summed E-state index contributed by atoms with van der Waals surface area (Å²) in [5, 5.41) is 16.3. The summed E-state index contributed by atoms with van der Waals surface area (Å²) in [6.07, 6.45) is 2.34. The van der Waals surface area contributed by atoms with E-state index in [1.165, 1.54) is 0 Å². The number of carbonyl (C=O) groups excluding carboxylic acids is 1. The van der Waals surface area contributed by atoms with Crippen molar-refractivity contribution in [3.63, 3.8) is 0 Å². The molecule has 1 aromatic heterocycles. The van der Waals surface area contributed by atoms with E-state index in [1.807, 2.05) is 57.3 Å². The fourth-order valence-corrected chi connectivity index (χ4v) is 2.35. The minimum Gasteiger partial charge on any atom is -0.351 e. The average Bonchev–Trinajstić information content (AvgIpc) is 2.79. The molecule has 1 amide bonds. The Bertz CT molecular complexity index is 766. The lowest BCUT2D eigenvalue weighted by molar-refractivity contribution is -0.117. The Morgan fingerprint density at radius 2 is 2.04 bits per heavy atom. The molecule has 2 rings (SSSR count). The van der Waals surface area contributed by atoms with Gasteiger partial charge in [0.05, 0.1) is 5.69 Å². The first-order chi connectivity index (χ1) is 11.0. The third-order valence-electron chi connectivity index (χ3n) is 3.76. The normalized spacial score (nSPS) is 11.1. The topological polar surface area (TPSA) is 70.7 Å². The highest BCUT2D eigenvalue weighted by Gasteiger charge is 2.13. The molecular weight excluding hydrogens is 288 g/mol. The van der Waals surface area contributed by atoms with Gasteiger partial charge < -0.3 is 5.32 Å². The van der Waals surface area contributed by atoms with Crippen LogP contribution in [-0.4, -0.2) is 22.2 Å². The van der Waals surface area contributed by atoms with Crippen molar-refractivity contribution in [3.8, 4) is 6.07 Å². The van der Waals surface area contributed by atoms with E-state index in [0.29, 0.717) is 6.54 Å².